The van der Waals surface area contributed by atoms with Crippen LogP contribution in [0.2, 0.25) is 5.02 Å². The van der Waals surface area contributed by atoms with E-state index in [1.165, 1.54) is 10.6 Å². The molecule has 1 amide bonds. The Morgan fingerprint density at radius 2 is 2.11 bits per heavy atom. The number of nitrogens with zero attached hydrogens (tertiary/aromatic N) is 3. The zero-order chi connectivity index (χ0) is 20.1. The van der Waals surface area contributed by atoms with E-state index in [0.717, 1.165) is 12.0 Å². The number of hydrogen-bond donors (Lipinski definition) is 1. The predicted molar refractivity (Wildman–Crippen MR) is 105 cm³/mol. The Kier molecular flexibility index (Phi) is 6.12. The summed E-state index contributed by atoms with van der Waals surface area (Å²) in [5.41, 5.74) is 0.100. The van der Waals surface area contributed by atoms with Gasteiger partial charge in [0.15, 0.2) is 0 Å². The van der Waals surface area contributed by atoms with E-state index in [1.807, 2.05) is 6.92 Å². The van der Waals surface area contributed by atoms with Gasteiger partial charge in [0, 0.05) is 23.3 Å². The molecule has 0 spiro atoms. The van der Waals surface area contributed by atoms with Crippen LogP contribution in [0.4, 0.5) is 0 Å². The number of ether oxygens (including phenoxy) is 1. The Balaban J connectivity index is 1.89. The van der Waals surface area contributed by atoms with Gasteiger partial charge < -0.3 is 10.1 Å². The molecule has 2 aromatic rings. The van der Waals surface area contributed by atoms with Crippen molar-refractivity contribution in [3.8, 4) is 17.3 Å². The van der Waals surface area contributed by atoms with Gasteiger partial charge in [0.05, 0.1) is 11.8 Å². The van der Waals surface area contributed by atoms with Crippen molar-refractivity contribution in [1.29, 1.82) is 5.26 Å². The maximum Gasteiger partial charge on any atom is 0.254 e. The van der Waals surface area contributed by atoms with Gasteiger partial charge in [-0.15, -0.1) is 0 Å². The lowest BCUT2D eigenvalue weighted by atomic mass is 10.1. The first-order valence-corrected chi connectivity index (χ1v) is 9.51. The highest BCUT2D eigenvalue weighted by Crippen LogP contribution is 2.34. The van der Waals surface area contributed by atoms with Gasteiger partial charge >= 0.3 is 0 Å². The number of rotatable bonds is 8. The van der Waals surface area contributed by atoms with Crippen LogP contribution in [0.15, 0.2) is 35.1 Å². The maximum absolute atomic E-state index is 12.7. The van der Waals surface area contributed by atoms with E-state index in [2.05, 4.69) is 16.4 Å². The Hall–Kier alpha value is -2.69. The van der Waals surface area contributed by atoms with Crippen LogP contribution >= 0.6 is 11.6 Å². The summed E-state index contributed by atoms with van der Waals surface area (Å²) < 4.78 is 6.85. The second kappa shape index (κ2) is 8.55. The van der Waals surface area contributed by atoms with Gasteiger partial charge in [-0.05, 0) is 31.4 Å². The fourth-order valence-electron chi connectivity index (χ4n) is 2.75. The summed E-state index contributed by atoms with van der Waals surface area (Å²) in [4.78, 5) is 29.6. The SMILES string of the molecule is CCCOCc1nc(-c2ccc(Cl)cc2)cc(=O)n1CC(=O)NC1(C#N)CC1. The number of nitriles is 1. The van der Waals surface area contributed by atoms with Crippen LogP contribution in [0.25, 0.3) is 11.3 Å². The van der Waals surface area contributed by atoms with Gasteiger partial charge in [0.1, 0.15) is 24.5 Å². The Morgan fingerprint density at radius 1 is 1.39 bits per heavy atom. The van der Waals surface area contributed by atoms with Crippen LogP contribution in [0, 0.1) is 11.3 Å². The standard InChI is InChI=1S/C20H21ClN4O3/c1-2-9-28-12-17-23-16(14-3-5-15(21)6-4-14)10-19(27)25(17)11-18(26)24-20(13-22)7-8-20/h3-6,10H,2,7-9,11-12H2,1H3,(H,24,26). The molecule has 3 rings (SSSR count). The Bertz CT molecular complexity index is 959. The normalized spacial score (nSPS) is 14.3. The zero-order valence-electron chi connectivity index (χ0n) is 15.6. The van der Waals surface area contributed by atoms with E-state index in [4.69, 9.17) is 21.6 Å². The van der Waals surface area contributed by atoms with Crippen LogP contribution in [0.3, 0.4) is 0 Å². The van der Waals surface area contributed by atoms with E-state index < -0.39 is 5.54 Å². The quantitative estimate of drug-likeness (QED) is 0.687. The van der Waals surface area contributed by atoms with Crippen LogP contribution in [-0.2, 0) is 22.7 Å². The summed E-state index contributed by atoms with van der Waals surface area (Å²) in [5.74, 6) is -0.0261. The first kappa shape index (κ1) is 20.1. The molecule has 1 aromatic heterocycles. The highest BCUT2D eigenvalue weighted by molar-refractivity contribution is 6.30. The summed E-state index contributed by atoms with van der Waals surface area (Å²) in [5, 5.41) is 12.4. The number of halogens is 1. The minimum Gasteiger partial charge on any atom is -0.374 e. The van der Waals surface area contributed by atoms with Gasteiger partial charge in [-0.1, -0.05) is 30.7 Å². The minimum atomic E-state index is -0.782. The molecule has 0 atom stereocenters. The molecule has 1 fully saturated rings. The third-order valence-corrected chi connectivity index (χ3v) is 4.70. The lowest BCUT2D eigenvalue weighted by Gasteiger charge is -2.15. The van der Waals surface area contributed by atoms with E-state index in [-0.39, 0.29) is 24.6 Å². The lowest BCUT2D eigenvalue weighted by Crippen LogP contribution is -2.40. The average molecular weight is 401 g/mol. The van der Waals surface area contributed by atoms with Crippen molar-refractivity contribution in [1.82, 2.24) is 14.9 Å². The summed E-state index contributed by atoms with van der Waals surface area (Å²) in [6, 6.07) is 10.5. The molecular formula is C20H21ClN4O3. The molecule has 8 heteroatoms. The fourth-order valence-corrected chi connectivity index (χ4v) is 2.88. The minimum absolute atomic E-state index is 0.112. The van der Waals surface area contributed by atoms with Crippen molar-refractivity contribution >= 4 is 17.5 Å². The summed E-state index contributed by atoms with van der Waals surface area (Å²) in [6.45, 7) is 2.40. The monoisotopic (exact) mass is 400 g/mol. The van der Waals surface area contributed by atoms with Crippen LogP contribution < -0.4 is 10.9 Å². The molecule has 0 unspecified atom stereocenters. The van der Waals surface area contributed by atoms with Crippen LogP contribution in [0.5, 0.6) is 0 Å². The molecule has 1 heterocycles. The van der Waals surface area contributed by atoms with E-state index in [1.54, 1.807) is 24.3 Å². The predicted octanol–water partition coefficient (Wildman–Crippen LogP) is 2.66. The van der Waals surface area contributed by atoms with E-state index >= 15 is 0 Å². The molecule has 0 saturated heterocycles. The molecular weight excluding hydrogens is 380 g/mol. The average Bonchev–Trinajstić information content (AvgIpc) is 3.44. The topological polar surface area (TPSA) is 97.0 Å². The third-order valence-electron chi connectivity index (χ3n) is 4.45. The molecule has 0 aliphatic heterocycles. The van der Waals surface area contributed by atoms with Crippen LogP contribution in [-0.4, -0.2) is 27.6 Å². The van der Waals surface area contributed by atoms with E-state index in [0.29, 0.717) is 36.0 Å². The molecule has 1 aliphatic carbocycles. The van der Waals surface area contributed by atoms with Gasteiger partial charge in [-0.3, -0.25) is 14.2 Å². The second-order valence-corrected chi connectivity index (χ2v) is 7.22. The van der Waals surface area contributed by atoms with Crippen LogP contribution in [0.1, 0.15) is 32.0 Å². The van der Waals surface area contributed by atoms with Crippen molar-refractivity contribution in [3.05, 3.63) is 51.5 Å². The number of aromatic nitrogens is 2. The summed E-state index contributed by atoms with van der Waals surface area (Å²) >= 11 is 5.92. The Morgan fingerprint density at radius 3 is 2.71 bits per heavy atom. The van der Waals surface area contributed by atoms with Gasteiger partial charge in [0.2, 0.25) is 5.91 Å². The first-order chi connectivity index (χ1) is 13.5. The second-order valence-electron chi connectivity index (χ2n) is 6.78. The maximum atomic E-state index is 12.7. The highest BCUT2D eigenvalue weighted by Gasteiger charge is 2.44. The summed E-state index contributed by atoms with van der Waals surface area (Å²) in [7, 11) is 0. The number of amides is 1. The van der Waals surface area contributed by atoms with Gasteiger partial charge in [-0.25, -0.2) is 4.98 Å². The van der Waals surface area contributed by atoms with Crippen molar-refractivity contribution in [3.63, 3.8) is 0 Å². The number of carbonyl (C=O) groups excluding carboxylic acids is 1. The molecule has 28 heavy (non-hydrogen) atoms. The zero-order valence-corrected chi connectivity index (χ0v) is 16.3. The lowest BCUT2D eigenvalue weighted by molar-refractivity contribution is -0.122. The number of benzene rings is 1. The molecule has 1 aliphatic rings. The molecule has 0 bridgehead atoms. The molecule has 0 radical (unpaired) electrons. The fraction of sp³-hybridized carbons (Fsp3) is 0.400. The number of hydrogen-bond acceptors (Lipinski definition) is 5. The van der Waals surface area contributed by atoms with Gasteiger partial charge in [0.25, 0.3) is 5.56 Å². The molecule has 1 aromatic carbocycles. The highest BCUT2D eigenvalue weighted by atomic mass is 35.5. The number of carbonyl (C=O) groups is 1. The van der Waals surface area contributed by atoms with Crippen molar-refractivity contribution in [2.24, 2.45) is 0 Å². The summed E-state index contributed by atoms with van der Waals surface area (Å²) in [6.07, 6.45) is 2.08. The number of nitrogens with one attached hydrogen (secondary N) is 1. The third kappa shape index (κ3) is 4.77. The van der Waals surface area contributed by atoms with Gasteiger partial charge in [-0.2, -0.15) is 5.26 Å². The molecule has 1 saturated carbocycles. The smallest absolute Gasteiger partial charge is 0.254 e. The molecule has 1 N–H and O–H groups in total. The van der Waals surface area contributed by atoms with Crippen molar-refractivity contribution < 1.29 is 9.53 Å². The largest absolute Gasteiger partial charge is 0.374 e. The van der Waals surface area contributed by atoms with Crippen molar-refractivity contribution in [2.75, 3.05) is 6.61 Å². The Labute approximate surface area is 167 Å². The van der Waals surface area contributed by atoms with Crippen molar-refractivity contribution in [2.45, 2.75) is 44.9 Å². The first-order valence-electron chi connectivity index (χ1n) is 9.13. The van der Waals surface area contributed by atoms with E-state index in [9.17, 15) is 9.59 Å². The molecule has 7 nitrogen and oxygen atoms in total. The molecule has 146 valence electrons.